The number of hydrogen-bond donors (Lipinski definition) is 2. The van der Waals surface area contributed by atoms with Gasteiger partial charge in [0.25, 0.3) is 5.91 Å². The monoisotopic (exact) mass is 275 g/mol. The molecule has 5 heteroatoms. The summed E-state index contributed by atoms with van der Waals surface area (Å²) in [5, 5.41) is 2.89. The molecule has 0 radical (unpaired) electrons. The Kier molecular flexibility index (Phi) is 4.74. The van der Waals surface area contributed by atoms with Crippen molar-refractivity contribution in [3.8, 4) is 0 Å². The van der Waals surface area contributed by atoms with Crippen molar-refractivity contribution in [1.29, 1.82) is 0 Å². The number of piperidine rings is 1. The number of nitrogens with zero attached hydrogens (tertiary/aromatic N) is 1. The molecule has 0 spiro atoms. The molecule has 108 valence electrons. The number of amides is 2. The molecule has 5 nitrogen and oxygen atoms in total. The van der Waals surface area contributed by atoms with Crippen LogP contribution in [0.15, 0.2) is 24.3 Å². The third kappa shape index (κ3) is 3.57. The highest BCUT2D eigenvalue weighted by molar-refractivity contribution is 5.94. The van der Waals surface area contributed by atoms with Crippen LogP contribution in [0, 0.1) is 0 Å². The van der Waals surface area contributed by atoms with Crippen LogP contribution in [-0.4, -0.2) is 35.8 Å². The van der Waals surface area contributed by atoms with Crippen LogP contribution in [0.25, 0.3) is 0 Å². The predicted octanol–water partition coefficient (Wildman–Crippen LogP) is 0.886. The Labute approximate surface area is 119 Å². The first-order valence-electron chi connectivity index (χ1n) is 6.95. The van der Waals surface area contributed by atoms with Crippen molar-refractivity contribution in [3.63, 3.8) is 0 Å². The van der Waals surface area contributed by atoms with E-state index in [1.165, 1.54) is 6.92 Å². The van der Waals surface area contributed by atoms with E-state index in [4.69, 9.17) is 5.73 Å². The minimum atomic E-state index is -0.0448. The molecule has 0 aliphatic carbocycles. The molecule has 20 heavy (non-hydrogen) atoms. The first kappa shape index (κ1) is 14.5. The molecule has 0 bridgehead atoms. The first-order chi connectivity index (χ1) is 9.60. The minimum Gasteiger partial charge on any atom is -0.352 e. The van der Waals surface area contributed by atoms with E-state index < -0.39 is 0 Å². The average molecular weight is 275 g/mol. The smallest absolute Gasteiger partial charge is 0.253 e. The Bertz CT molecular complexity index is 484. The number of nitrogens with two attached hydrogens (primary N) is 1. The number of hydrogen-bond acceptors (Lipinski definition) is 3. The largest absolute Gasteiger partial charge is 0.352 e. The van der Waals surface area contributed by atoms with E-state index >= 15 is 0 Å². The van der Waals surface area contributed by atoms with Crippen LogP contribution in [0.4, 0.5) is 0 Å². The number of rotatable bonds is 3. The van der Waals surface area contributed by atoms with Crippen molar-refractivity contribution in [2.75, 3.05) is 13.1 Å². The highest BCUT2D eigenvalue weighted by Gasteiger charge is 2.24. The average Bonchev–Trinajstić information content (AvgIpc) is 2.46. The third-order valence-electron chi connectivity index (χ3n) is 3.55. The van der Waals surface area contributed by atoms with Crippen LogP contribution in [-0.2, 0) is 11.3 Å². The molecule has 0 saturated carbocycles. The lowest BCUT2D eigenvalue weighted by molar-refractivity contribution is -0.120. The highest BCUT2D eigenvalue weighted by Crippen LogP contribution is 2.14. The van der Waals surface area contributed by atoms with Gasteiger partial charge in [-0.1, -0.05) is 12.1 Å². The molecule has 1 heterocycles. The lowest BCUT2D eigenvalue weighted by Gasteiger charge is -2.33. The Balaban J connectivity index is 2.02. The van der Waals surface area contributed by atoms with Crippen molar-refractivity contribution < 1.29 is 9.59 Å². The van der Waals surface area contributed by atoms with Gasteiger partial charge in [-0.25, -0.2) is 0 Å². The molecule has 2 amide bonds. The van der Waals surface area contributed by atoms with Crippen LogP contribution in [0.3, 0.4) is 0 Å². The summed E-state index contributed by atoms with van der Waals surface area (Å²) in [6.07, 6.45) is 1.84. The lowest BCUT2D eigenvalue weighted by Crippen LogP contribution is -2.49. The molecule has 2 rings (SSSR count). The van der Waals surface area contributed by atoms with E-state index in [9.17, 15) is 9.59 Å². The fourth-order valence-corrected chi connectivity index (χ4v) is 2.53. The van der Waals surface area contributed by atoms with Crippen LogP contribution in [0.2, 0.25) is 0 Å². The first-order valence-corrected chi connectivity index (χ1v) is 6.95. The molecule has 1 aromatic carbocycles. The number of likely N-dealkylation sites (tertiary alicyclic amines) is 1. The molecule has 3 N–H and O–H groups in total. The lowest BCUT2D eigenvalue weighted by atomic mass is 10.0. The Morgan fingerprint density at radius 3 is 2.65 bits per heavy atom. The Morgan fingerprint density at radius 1 is 1.35 bits per heavy atom. The van der Waals surface area contributed by atoms with Crippen molar-refractivity contribution in [3.05, 3.63) is 35.4 Å². The summed E-state index contributed by atoms with van der Waals surface area (Å²) in [7, 11) is 0. The van der Waals surface area contributed by atoms with Crippen LogP contribution in [0.5, 0.6) is 0 Å². The second-order valence-corrected chi connectivity index (χ2v) is 5.19. The number of nitrogens with one attached hydrogen (secondary N) is 1. The van der Waals surface area contributed by atoms with Crippen molar-refractivity contribution >= 4 is 11.8 Å². The molecule has 1 aliphatic rings. The van der Waals surface area contributed by atoms with Crippen LogP contribution >= 0.6 is 0 Å². The zero-order valence-electron chi connectivity index (χ0n) is 11.8. The van der Waals surface area contributed by atoms with Crippen LogP contribution < -0.4 is 11.1 Å². The molecule has 1 saturated heterocycles. The van der Waals surface area contributed by atoms with E-state index in [0.717, 1.165) is 24.9 Å². The second-order valence-electron chi connectivity index (χ2n) is 5.19. The van der Waals surface area contributed by atoms with Gasteiger partial charge in [-0.3, -0.25) is 9.59 Å². The van der Waals surface area contributed by atoms with Gasteiger partial charge in [-0.05, 0) is 30.5 Å². The summed E-state index contributed by atoms with van der Waals surface area (Å²) >= 11 is 0. The normalized spacial score (nSPS) is 18.7. The summed E-state index contributed by atoms with van der Waals surface area (Å²) in [6, 6.07) is 7.44. The molecular weight excluding hydrogens is 254 g/mol. The topological polar surface area (TPSA) is 75.4 Å². The van der Waals surface area contributed by atoms with Crippen LogP contribution in [0.1, 0.15) is 35.7 Å². The maximum atomic E-state index is 12.4. The molecular formula is C15H21N3O2. The summed E-state index contributed by atoms with van der Waals surface area (Å²) in [6.45, 7) is 3.31. The summed E-state index contributed by atoms with van der Waals surface area (Å²) in [5.74, 6) is -0.0276. The van der Waals surface area contributed by atoms with E-state index in [-0.39, 0.29) is 17.9 Å². The fourth-order valence-electron chi connectivity index (χ4n) is 2.53. The maximum Gasteiger partial charge on any atom is 0.253 e. The van der Waals surface area contributed by atoms with Crippen molar-refractivity contribution in [2.24, 2.45) is 5.73 Å². The summed E-state index contributed by atoms with van der Waals surface area (Å²) < 4.78 is 0. The Hall–Kier alpha value is -1.88. The fraction of sp³-hybridized carbons (Fsp3) is 0.467. The highest BCUT2D eigenvalue weighted by atomic mass is 16.2. The van der Waals surface area contributed by atoms with Crippen molar-refractivity contribution in [1.82, 2.24) is 10.2 Å². The quantitative estimate of drug-likeness (QED) is 0.860. The van der Waals surface area contributed by atoms with Gasteiger partial charge in [-0.2, -0.15) is 0 Å². The molecule has 0 aromatic heterocycles. The number of benzene rings is 1. The second kappa shape index (κ2) is 6.52. The van der Waals surface area contributed by atoms with E-state index in [2.05, 4.69) is 5.32 Å². The van der Waals surface area contributed by atoms with Crippen molar-refractivity contribution in [2.45, 2.75) is 32.4 Å². The number of carbonyl (C=O) groups excluding carboxylic acids is 2. The molecule has 0 unspecified atom stereocenters. The van der Waals surface area contributed by atoms with Gasteiger partial charge in [0, 0.05) is 38.2 Å². The third-order valence-corrected chi connectivity index (χ3v) is 3.55. The van der Waals surface area contributed by atoms with Gasteiger partial charge in [-0.15, -0.1) is 0 Å². The zero-order chi connectivity index (χ0) is 14.5. The minimum absolute atomic E-state index is 0.0172. The standard InChI is InChI=1S/C15H21N3O2/c1-11(19)17-14-3-2-8-18(10-14)15(20)13-6-4-12(9-16)5-7-13/h4-7,14H,2-3,8-10,16H2,1H3,(H,17,19)/t14-/m0/s1. The van der Waals surface area contributed by atoms with Gasteiger partial charge in [0.15, 0.2) is 0 Å². The van der Waals surface area contributed by atoms with Gasteiger partial charge >= 0.3 is 0 Å². The molecule has 1 atom stereocenters. The Morgan fingerprint density at radius 2 is 2.05 bits per heavy atom. The molecule has 1 aliphatic heterocycles. The maximum absolute atomic E-state index is 12.4. The van der Waals surface area contributed by atoms with Gasteiger partial charge in [0.1, 0.15) is 0 Å². The summed E-state index contributed by atoms with van der Waals surface area (Å²) in [5.41, 5.74) is 7.23. The summed E-state index contributed by atoms with van der Waals surface area (Å²) in [4.78, 5) is 25.3. The van der Waals surface area contributed by atoms with Gasteiger partial charge in [0.05, 0.1) is 0 Å². The van der Waals surface area contributed by atoms with E-state index in [0.29, 0.717) is 18.7 Å². The predicted molar refractivity (Wildman–Crippen MR) is 77.1 cm³/mol. The van der Waals surface area contributed by atoms with Gasteiger partial charge < -0.3 is 16.0 Å². The molecule has 1 aromatic rings. The zero-order valence-corrected chi connectivity index (χ0v) is 11.8. The molecule has 1 fully saturated rings. The SMILES string of the molecule is CC(=O)N[C@H]1CCCN(C(=O)c2ccc(CN)cc2)C1. The number of carbonyl (C=O) groups is 2. The van der Waals surface area contributed by atoms with E-state index in [1.807, 2.05) is 29.2 Å². The van der Waals surface area contributed by atoms with E-state index in [1.54, 1.807) is 0 Å². The van der Waals surface area contributed by atoms with Gasteiger partial charge in [0.2, 0.25) is 5.91 Å².